The molecule has 2 aromatic carbocycles. The first kappa shape index (κ1) is 25.6. The monoisotopic (exact) mass is 491 g/mol. The molecule has 0 unspecified atom stereocenters. The summed E-state index contributed by atoms with van der Waals surface area (Å²) in [4.78, 5) is 17.4. The topological polar surface area (TPSA) is 47.8 Å². The summed E-state index contributed by atoms with van der Waals surface area (Å²) < 4.78 is 1.74. The largest absolute Gasteiger partial charge is 0.298 e. The second kappa shape index (κ2) is 12.4. The molecule has 2 aromatic heterocycles. The van der Waals surface area contributed by atoms with Gasteiger partial charge in [0.15, 0.2) is 5.78 Å². The number of hydrogen-bond acceptors (Lipinski definition) is 4. The van der Waals surface area contributed by atoms with E-state index in [-0.39, 0.29) is 12.3 Å². The molecule has 0 bridgehead atoms. The van der Waals surface area contributed by atoms with E-state index in [1.165, 1.54) is 22.0 Å². The molecule has 176 valence electrons. The molecule has 4 nitrogen and oxygen atoms in total. The van der Waals surface area contributed by atoms with Gasteiger partial charge in [0.1, 0.15) is 0 Å². The molecule has 0 fully saturated rings. The van der Waals surface area contributed by atoms with E-state index < -0.39 is 0 Å². The fraction of sp³-hybridized carbons (Fsp3) is 0.250. The minimum absolute atomic E-state index is 0.0675. The molecule has 2 heterocycles. The van der Waals surface area contributed by atoms with Crippen molar-refractivity contribution in [2.75, 3.05) is 0 Å². The zero-order valence-electron chi connectivity index (χ0n) is 19.9. The van der Waals surface area contributed by atoms with Crippen molar-refractivity contribution >= 4 is 28.7 Å². The van der Waals surface area contributed by atoms with Crippen LogP contribution in [0.1, 0.15) is 35.8 Å². The van der Waals surface area contributed by atoms with Crippen LogP contribution in [0.3, 0.4) is 0 Å². The molecule has 34 heavy (non-hydrogen) atoms. The minimum Gasteiger partial charge on any atom is -0.298 e. The zero-order chi connectivity index (χ0) is 24.5. The third kappa shape index (κ3) is 6.99. The van der Waals surface area contributed by atoms with Gasteiger partial charge in [-0.05, 0) is 44.0 Å². The maximum absolute atomic E-state index is 11.5. The highest BCUT2D eigenvalue weighted by atomic mass is 35.5. The van der Waals surface area contributed by atoms with Crippen molar-refractivity contribution in [3.05, 3.63) is 93.9 Å². The van der Waals surface area contributed by atoms with Crippen LogP contribution in [0.25, 0.3) is 22.5 Å². The van der Waals surface area contributed by atoms with Gasteiger partial charge in [-0.25, -0.2) is 4.98 Å². The van der Waals surface area contributed by atoms with Gasteiger partial charge in [-0.2, -0.15) is 5.10 Å². The minimum atomic E-state index is 0.0675. The lowest BCUT2D eigenvalue weighted by Crippen LogP contribution is -2.09. The van der Waals surface area contributed by atoms with Gasteiger partial charge in [-0.15, -0.1) is 17.9 Å². The summed E-state index contributed by atoms with van der Waals surface area (Å²) in [5.41, 5.74) is 4.98. The van der Waals surface area contributed by atoms with Gasteiger partial charge in [0.05, 0.1) is 28.6 Å². The lowest BCUT2D eigenvalue weighted by atomic mass is 10.1. The number of carbonyl (C=O) groups is 1. The summed E-state index contributed by atoms with van der Waals surface area (Å²) >= 11 is 7.85. The molecule has 4 rings (SSSR count). The van der Waals surface area contributed by atoms with Crippen LogP contribution in [0.4, 0.5) is 0 Å². The quantitative estimate of drug-likeness (QED) is 0.238. The van der Waals surface area contributed by atoms with Crippen molar-refractivity contribution < 1.29 is 4.79 Å². The van der Waals surface area contributed by atoms with Crippen LogP contribution in [-0.2, 0) is 24.2 Å². The third-order valence-electron chi connectivity index (χ3n) is 5.04. The molecule has 0 aliphatic rings. The molecule has 0 atom stereocenters. The summed E-state index contributed by atoms with van der Waals surface area (Å²) in [6.45, 7) is 9.82. The van der Waals surface area contributed by atoms with Gasteiger partial charge >= 0.3 is 0 Å². The highest BCUT2D eigenvalue weighted by molar-refractivity contribution is 7.11. The van der Waals surface area contributed by atoms with Crippen molar-refractivity contribution in [3.8, 4) is 22.5 Å². The lowest BCUT2D eigenvalue weighted by Gasteiger charge is -2.04. The van der Waals surface area contributed by atoms with E-state index in [4.69, 9.17) is 11.6 Å². The van der Waals surface area contributed by atoms with Gasteiger partial charge in [0, 0.05) is 21.9 Å². The first-order valence-corrected chi connectivity index (χ1v) is 12.6. The number of nitrogens with zero attached hydrogens (tertiary/aromatic N) is 3. The van der Waals surface area contributed by atoms with Gasteiger partial charge in [0.25, 0.3) is 0 Å². The molecule has 0 radical (unpaired) electrons. The summed E-state index contributed by atoms with van der Waals surface area (Å²) in [5, 5.41) is 6.42. The molecule has 0 aliphatic carbocycles. The Morgan fingerprint density at radius 1 is 1.12 bits per heavy atom. The fourth-order valence-electron chi connectivity index (χ4n) is 3.61. The normalized spacial score (nSPS) is 10.5. The molecule has 0 saturated heterocycles. The number of aromatic nitrogens is 3. The molecule has 0 N–H and O–H groups in total. The Balaban J connectivity index is 0.000000229. The number of hydrogen-bond donors (Lipinski definition) is 0. The van der Waals surface area contributed by atoms with E-state index >= 15 is 0 Å². The van der Waals surface area contributed by atoms with Crippen molar-refractivity contribution in [1.29, 1.82) is 0 Å². The predicted octanol–water partition coefficient (Wildman–Crippen LogP) is 7.59. The smallest absolute Gasteiger partial charge is 0.151 e. The third-order valence-corrected chi connectivity index (χ3v) is 6.31. The van der Waals surface area contributed by atoms with Crippen LogP contribution >= 0.6 is 22.9 Å². The molecule has 0 amide bonds. The van der Waals surface area contributed by atoms with E-state index in [0.29, 0.717) is 5.02 Å². The molecule has 0 aliphatic heterocycles. The standard InChI is InChI=1S/C18H15ClN2O.C10H15NS/c1-13(22)12-21-18(14-6-3-2-4-7-14)11-17(20-21)15-8-5-9-16(19)10-15;1-4-6-9-10(7-5-2)12-8(3)11-9/h2-11H,12H2,1H3;5H,2,4,6-7H2,1,3H3. The number of thiazole rings is 1. The number of allylic oxidation sites excluding steroid dienone is 1. The van der Waals surface area contributed by atoms with Crippen molar-refractivity contribution in [1.82, 2.24) is 14.8 Å². The number of Topliss-reactive ketones (excluding diaryl/α,β-unsaturated/α-hetero) is 1. The number of aryl methyl sites for hydroxylation is 2. The van der Waals surface area contributed by atoms with Gasteiger partial charge in [0.2, 0.25) is 0 Å². The first-order valence-electron chi connectivity index (χ1n) is 11.4. The first-order chi connectivity index (χ1) is 16.4. The molecular formula is C28H30ClN3OS. The summed E-state index contributed by atoms with van der Waals surface area (Å²) in [6.07, 6.45) is 5.20. The van der Waals surface area contributed by atoms with Crippen LogP contribution in [-0.4, -0.2) is 20.5 Å². The highest BCUT2D eigenvalue weighted by Gasteiger charge is 2.13. The van der Waals surface area contributed by atoms with Crippen molar-refractivity contribution in [2.45, 2.75) is 46.6 Å². The molecule has 6 heteroatoms. The van der Waals surface area contributed by atoms with Crippen molar-refractivity contribution in [2.24, 2.45) is 0 Å². The maximum atomic E-state index is 11.5. The number of halogens is 1. The molecule has 0 spiro atoms. The Morgan fingerprint density at radius 3 is 2.50 bits per heavy atom. The van der Waals surface area contributed by atoms with Gasteiger partial charge < -0.3 is 0 Å². The number of ketones is 1. The predicted molar refractivity (Wildman–Crippen MR) is 144 cm³/mol. The summed E-state index contributed by atoms with van der Waals surface area (Å²) in [7, 11) is 0. The maximum Gasteiger partial charge on any atom is 0.151 e. The van der Waals surface area contributed by atoms with Gasteiger partial charge in [-0.3, -0.25) is 9.48 Å². The van der Waals surface area contributed by atoms with Crippen LogP contribution < -0.4 is 0 Å². The second-order valence-electron chi connectivity index (χ2n) is 8.00. The molecule has 4 aromatic rings. The lowest BCUT2D eigenvalue weighted by molar-refractivity contribution is -0.117. The Bertz CT molecular complexity index is 1240. The Hall–Kier alpha value is -3.02. The highest BCUT2D eigenvalue weighted by Crippen LogP contribution is 2.27. The molecular weight excluding hydrogens is 462 g/mol. The van der Waals surface area contributed by atoms with Crippen LogP contribution in [0.2, 0.25) is 5.02 Å². The summed E-state index contributed by atoms with van der Waals surface area (Å²) in [5.74, 6) is 0.0675. The molecule has 0 saturated carbocycles. The van der Waals surface area contributed by atoms with E-state index in [0.717, 1.165) is 35.4 Å². The SMILES string of the molecule is C=CCc1sc(C)nc1CCC.CC(=O)Cn1nc(-c2cccc(Cl)c2)cc1-c1ccccc1. The Labute approximate surface area is 211 Å². The van der Waals surface area contributed by atoms with Crippen LogP contribution in [0.15, 0.2) is 73.3 Å². The van der Waals surface area contributed by atoms with Crippen LogP contribution in [0, 0.1) is 6.92 Å². The number of rotatable bonds is 8. The van der Waals surface area contributed by atoms with E-state index in [1.54, 1.807) is 22.9 Å². The Kier molecular flexibility index (Phi) is 9.37. The number of carbonyl (C=O) groups excluding carboxylic acids is 1. The average molecular weight is 492 g/mol. The zero-order valence-corrected chi connectivity index (χ0v) is 21.5. The summed E-state index contributed by atoms with van der Waals surface area (Å²) in [6, 6.07) is 19.5. The van der Waals surface area contributed by atoms with E-state index in [2.05, 4.69) is 30.5 Å². The van der Waals surface area contributed by atoms with Crippen LogP contribution in [0.5, 0.6) is 0 Å². The number of benzene rings is 2. The fourth-order valence-corrected chi connectivity index (χ4v) is 4.78. The van der Waals surface area contributed by atoms with E-state index in [1.807, 2.05) is 66.7 Å². The second-order valence-corrected chi connectivity index (χ2v) is 9.72. The van der Waals surface area contributed by atoms with E-state index in [9.17, 15) is 4.79 Å². The van der Waals surface area contributed by atoms with Crippen molar-refractivity contribution in [3.63, 3.8) is 0 Å². The average Bonchev–Trinajstić information content (AvgIpc) is 3.38. The Morgan fingerprint density at radius 2 is 1.85 bits per heavy atom. The van der Waals surface area contributed by atoms with Gasteiger partial charge in [-0.1, -0.05) is 73.5 Å².